The van der Waals surface area contributed by atoms with Gasteiger partial charge in [-0.3, -0.25) is 4.79 Å². The van der Waals surface area contributed by atoms with Crippen molar-refractivity contribution in [3.05, 3.63) is 90.1 Å². The van der Waals surface area contributed by atoms with Gasteiger partial charge < -0.3 is 10.1 Å². The van der Waals surface area contributed by atoms with Crippen LogP contribution < -0.4 is 10.1 Å². The highest BCUT2D eigenvalue weighted by Gasteiger charge is 2.14. The molecule has 0 saturated carbocycles. The van der Waals surface area contributed by atoms with E-state index in [1.54, 1.807) is 0 Å². The van der Waals surface area contributed by atoms with Gasteiger partial charge in [-0.15, -0.1) is 0 Å². The van der Waals surface area contributed by atoms with E-state index in [2.05, 4.69) is 17.4 Å². The molecular formula is C25H23N3O2S. The largest absolute Gasteiger partial charge is 0.492 e. The average Bonchev–Trinajstić information content (AvgIpc) is 2.80. The zero-order chi connectivity index (χ0) is 21.5. The van der Waals surface area contributed by atoms with Crippen molar-refractivity contribution in [2.24, 2.45) is 0 Å². The van der Waals surface area contributed by atoms with E-state index in [-0.39, 0.29) is 11.7 Å². The number of fused-ring (bicyclic) bond motifs is 1. The molecule has 3 aromatic carbocycles. The maximum absolute atomic E-state index is 12.6. The molecule has 0 aliphatic carbocycles. The van der Waals surface area contributed by atoms with Gasteiger partial charge in [0.05, 0.1) is 34.8 Å². The number of thioether (sulfide) groups is 1. The number of para-hydroxylation sites is 4. The molecule has 0 bridgehead atoms. The molecule has 1 N–H and O–H groups in total. The van der Waals surface area contributed by atoms with Crippen molar-refractivity contribution in [1.82, 2.24) is 9.97 Å². The Morgan fingerprint density at radius 1 is 0.903 bits per heavy atom. The fourth-order valence-corrected chi connectivity index (χ4v) is 4.00. The number of benzene rings is 3. The van der Waals surface area contributed by atoms with Gasteiger partial charge in [0.1, 0.15) is 10.8 Å². The number of aromatic nitrogens is 2. The molecule has 0 aliphatic rings. The van der Waals surface area contributed by atoms with E-state index >= 15 is 0 Å². The molecule has 1 heterocycles. The molecule has 31 heavy (non-hydrogen) atoms. The number of anilines is 1. The third-order valence-corrected chi connectivity index (χ3v) is 5.63. The normalized spacial score (nSPS) is 10.7. The minimum Gasteiger partial charge on any atom is -0.492 e. The van der Waals surface area contributed by atoms with E-state index in [9.17, 15) is 4.79 Å². The summed E-state index contributed by atoms with van der Waals surface area (Å²) < 4.78 is 5.59. The fourth-order valence-electron chi connectivity index (χ4n) is 3.21. The van der Waals surface area contributed by atoms with Crippen LogP contribution in [0.2, 0.25) is 0 Å². The zero-order valence-electron chi connectivity index (χ0n) is 17.2. The van der Waals surface area contributed by atoms with Gasteiger partial charge in [-0.1, -0.05) is 66.4 Å². The minimum atomic E-state index is -0.113. The molecular weight excluding hydrogens is 406 g/mol. The molecule has 4 aromatic rings. The molecule has 0 unspecified atom stereocenters. The smallest absolute Gasteiger partial charge is 0.234 e. The van der Waals surface area contributed by atoms with E-state index in [4.69, 9.17) is 14.7 Å². The second-order valence-corrected chi connectivity index (χ2v) is 7.86. The number of rotatable bonds is 8. The summed E-state index contributed by atoms with van der Waals surface area (Å²) in [7, 11) is 0. The Kier molecular flexibility index (Phi) is 6.79. The summed E-state index contributed by atoms with van der Waals surface area (Å²) in [6.45, 7) is 2.46. The minimum absolute atomic E-state index is 0.113. The summed E-state index contributed by atoms with van der Waals surface area (Å²) in [5, 5.41) is 3.71. The number of nitrogens with zero attached hydrogens (tertiary/aromatic N) is 2. The van der Waals surface area contributed by atoms with Crippen molar-refractivity contribution in [1.29, 1.82) is 0 Å². The molecule has 1 amide bonds. The number of carbonyl (C=O) groups is 1. The summed E-state index contributed by atoms with van der Waals surface area (Å²) >= 11 is 1.40. The molecule has 0 fully saturated rings. The molecule has 4 rings (SSSR count). The van der Waals surface area contributed by atoms with E-state index in [0.717, 1.165) is 27.3 Å². The van der Waals surface area contributed by atoms with Crippen molar-refractivity contribution in [2.45, 2.75) is 18.4 Å². The summed E-state index contributed by atoms with van der Waals surface area (Å²) in [5.41, 5.74) is 4.38. The second kappa shape index (κ2) is 10.1. The van der Waals surface area contributed by atoms with Crippen LogP contribution in [0.4, 0.5) is 5.69 Å². The van der Waals surface area contributed by atoms with Gasteiger partial charge >= 0.3 is 0 Å². The lowest BCUT2D eigenvalue weighted by Crippen LogP contribution is -2.15. The topological polar surface area (TPSA) is 64.1 Å². The number of amides is 1. The Labute approximate surface area is 185 Å². The van der Waals surface area contributed by atoms with Crippen molar-refractivity contribution in [3.63, 3.8) is 0 Å². The fraction of sp³-hybridized carbons (Fsp3) is 0.160. The van der Waals surface area contributed by atoms with Crippen molar-refractivity contribution < 1.29 is 9.53 Å². The maximum Gasteiger partial charge on any atom is 0.234 e. The lowest BCUT2D eigenvalue weighted by atomic mass is 10.1. The molecule has 0 radical (unpaired) electrons. The summed E-state index contributed by atoms with van der Waals surface area (Å²) in [6, 6.07) is 25.4. The van der Waals surface area contributed by atoms with Crippen LogP contribution >= 0.6 is 11.8 Å². The van der Waals surface area contributed by atoms with Crippen LogP contribution in [0.15, 0.2) is 83.9 Å². The standard InChI is InChI=1S/C25H23N3O2S/c1-2-30-23-15-9-8-14-21(23)27-24(29)17-31-25-22(16-18-10-4-3-5-11-18)26-19-12-6-7-13-20(19)28-25/h3-15H,2,16-17H2,1H3,(H,27,29). The third kappa shape index (κ3) is 5.41. The van der Waals surface area contributed by atoms with E-state index in [0.29, 0.717) is 24.5 Å². The van der Waals surface area contributed by atoms with Gasteiger partial charge in [0.25, 0.3) is 0 Å². The van der Waals surface area contributed by atoms with Crippen molar-refractivity contribution in [2.75, 3.05) is 17.7 Å². The second-order valence-electron chi connectivity index (χ2n) is 6.89. The Balaban J connectivity index is 1.53. The lowest BCUT2D eigenvalue weighted by Gasteiger charge is -2.12. The molecule has 0 atom stereocenters. The summed E-state index contributed by atoms with van der Waals surface area (Å²) in [4.78, 5) is 22.3. The van der Waals surface area contributed by atoms with Crippen LogP contribution in [-0.2, 0) is 11.2 Å². The Bertz CT molecular complexity index is 1180. The van der Waals surface area contributed by atoms with Gasteiger partial charge in [0.15, 0.2) is 0 Å². The number of nitrogens with one attached hydrogen (secondary N) is 1. The Hall–Kier alpha value is -3.38. The monoisotopic (exact) mass is 429 g/mol. The van der Waals surface area contributed by atoms with E-state index < -0.39 is 0 Å². The number of hydrogen-bond acceptors (Lipinski definition) is 5. The van der Waals surface area contributed by atoms with Crippen LogP contribution in [-0.4, -0.2) is 28.2 Å². The molecule has 0 spiro atoms. The first kappa shape index (κ1) is 20.9. The zero-order valence-corrected chi connectivity index (χ0v) is 18.1. The van der Waals surface area contributed by atoms with Crippen molar-refractivity contribution >= 4 is 34.4 Å². The predicted molar refractivity (Wildman–Crippen MR) is 126 cm³/mol. The SMILES string of the molecule is CCOc1ccccc1NC(=O)CSc1nc2ccccc2nc1Cc1ccccc1. The number of carbonyl (C=O) groups excluding carboxylic acids is 1. The highest BCUT2D eigenvalue weighted by atomic mass is 32.2. The number of ether oxygens (including phenoxy) is 1. The van der Waals surface area contributed by atoms with Gasteiger partial charge in [-0.05, 0) is 36.8 Å². The molecule has 5 nitrogen and oxygen atoms in total. The predicted octanol–water partition coefficient (Wildman–Crippen LogP) is 5.35. The Morgan fingerprint density at radius 3 is 2.35 bits per heavy atom. The van der Waals surface area contributed by atoms with Gasteiger partial charge in [0.2, 0.25) is 5.91 Å². The summed E-state index contributed by atoms with van der Waals surface area (Å²) in [5.74, 6) is 0.784. The quantitative estimate of drug-likeness (QED) is 0.383. The molecule has 0 aliphatic heterocycles. The first-order valence-corrected chi connectivity index (χ1v) is 11.2. The molecule has 1 aromatic heterocycles. The number of hydrogen-bond donors (Lipinski definition) is 1. The van der Waals surface area contributed by atoms with Crippen LogP contribution in [0.25, 0.3) is 11.0 Å². The first-order valence-electron chi connectivity index (χ1n) is 10.2. The van der Waals surface area contributed by atoms with E-state index in [1.165, 1.54) is 11.8 Å². The van der Waals surface area contributed by atoms with Crippen LogP contribution in [0, 0.1) is 0 Å². The first-order chi connectivity index (χ1) is 15.2. The van der Waals surface area contributed by atoms with Crippen LogP contribution in [0.3, 0.4) is 0 Å². The average molecular weight is 430 g/mol. The molecule has 6 heteroatoms. The van der Waals surface area contributed by atoms with E-state index in [1.807, 2.05) is 73.7 Å². The summed E-state index contributed by atoms with van der Waals surface area (Å²) in [6.07, 6.45) is 0.663. The maximum atomic E-state index is 12.6. The van der Waals surface area contributed by atoms with Crippen LogP contribution in [0.1, 0.15) is 18.2 Å². The Morgan fingerprint density at radius 2 is 1.58 bits per heavy atom. The van der Waals surface area contributed by atoms with Gasteiger partial charge in [-0.2, -0.15) is 0 Å². The molecule has 156 valence electrons. The van der Waals surface area contributed by atoms with Gasteiger partial charge in [-0.25, -0.2) is 9.97 Å². The lowest BCUT2D eigenvalue weighted by molar-refractivity contribution is -0.113. The highest BCUT2D eigenvalue weighted by Crippen LogP contribution is 2.27. The molecule has 0 saturated heterocycles. The van der Waals surface area contributed by atoms with Crippen molar-refractivity contribution in [3.8, 4) is 5.75 Å². The highest BCUT2D eigenvalue weighted by molar-refractivity contribution is 8.00. The van der Waals surface area contributed by atoms with Gasteiger partial charge in [0, 0.05) is 6.42 Å². The third-order valence-electron chi connectivity index (χ3n) is 4.62. The van der Waals surface area contributed by atoms with Crippen LogP contribution in [0.5, 0.6) is 5.75 Å².